The Morgan fingerprint density at radius 3 is 2.89 bits per heavy atom. The standard InChI is InChI=1S/C15H21ClN2S/c1-11(10-19-3)9-18-14(7-8-16)17-13-6-4-5-12(2)15(13)18/h4-6,11H,7-10H2,1-3H3. The molecule has 2 aromatic rings. The Hall–Kier alpha value is -0.670. The van der Waals surface area contributed by atoms with E-state index < -0.39 is 0 Å². The molecule has 2 nitrogen and oxygen atoms in total. The SMILES string of the molecule is CSCC(C)Cn1c(CCCl)nc2cccc(C)c21. The number of fused-ring (bicyclic) bond motifs is 1. The Morgan fingerprint density at radius 1 is 1.42 bits per heavy atom. The Labute approximate surface area is 124 Å². The van der Waals surface area contributed by atoms with Gasteiger partial charge in [0.2, 0.25) is 0 Å². The zero-order valence-corrected chi connectivity index (χ0v) is 13.4. The second kappa shape index (κ2) is 6.67. The number of rotatable bonds is 6. The minimum atomic E-state index is 0.624. The number of para-hydroxylation sites is 1. The Bertz CT molecular complexity index is 550. The number of benzene rings is 1. The molecule has 4 heteroatoms. The molecule has 0 aliphatic rings. The van der Waals surface area contributed by atoms with Crippen LogP contribution in [0.15, 0.2) is 18.2 Å². The number of hydrogen-bond acceptors (Lipinski definition) is 2. The Balaban J connectivity index is 2.44. The quantitative estimate of drug-likeness (QED) is 0.746. The van der Waals surface area contributed by atoms with Gasteiger partial charge < -0.3 is 4.57 Å². The van der Waals surface area contributed by atoms with Gasteiger partial charge in [-0.1, -0.05) is 19.1 Å². The lowest BCUT2D eigenvalue weighted by molar-refractivity contribution is 0.526. The van der Waals surface area contributed by atoms with Crippen LogP contribution in [0.5, 0.6) is 0 Å². The predicted octanol–water partition coefficient (Wildman–Crippen LogP) is 4.13. The molecule has 0 saturated heterocycles. The zero-order chi connectivity index (χ0) is 13.8. The van der Waals surface area contributed by atoms with Crippen molar-refractivity contribution >= 4 is 34.4 Å². The van der Waals surface area contributed by atoms with E-state index in [1.807, 2.05) is 11.8 Å². The van der Waals surface area contributed by atoms with E-state index in [1.54, 1.807) is 0 Å². The average molecular weight is 297 g/mol. The van der Waals surface area contributed by atoms with E-state index in [2.05, 4.69) is 42.9 Å². The van der Waals surface area contributed by atoms with Crippen LogP contribution in [0.4, 0.5) is 0 Å². The molecule has 1 aromatic heterocycles. The van der Waals surface area contributed by atoms with Gasteiger partial charge in [0.1, 0.15) is 5.82 Å². The summed E-state index contributed by atoms with van der Waals surface area (Å²) in [5, 5.41) is 0. The Morgan fingerprint density at radius 2 is 2.21 bits per heavy atom. The first kappa shape index (κ1) is 14.7. The number of imidazole rings is 1. The van der Waals surface area contributed by atoms with Crippen molar-refractivity contribution in [2.75, 3.05) is 17.9 Å². The molecule has 1 aromatic carbocycles. The van der Waals surface area contributed by atoms with Gasteiger partial charge in [-0.05, 0) is 36.5 Å². The van der Waals surface area contributed by atoms with E-state index in [1.165, 1.54) is 16.8 Å². The normalized spacial score (nSPS) is 13.1. The molecule has 0 N–H and O–H groups in total. The van der Waals surface area contributed by atoms with Crippen molar-refractivity contribution < 1.29 is 0 Å². The number of nitrogens with zero attached hydrogens (tertiary/aromatic N) is 2. The minimum absolute atomic E-state index is 0.624. The summed E-state index contributed by atoms with van der Waals surface area (Å²) in [7, 11) is 0. The number of alkyl halides is 1. The first-order valence-corrected chi connectivity index (χ1v) is 8.59. The van der Waals surface area contributed by atoms with Crippen LogP contribution in [-0.4, -0.2) is 27.4 Å². The van der Waals surface area contributed by atoms with Crippen molar-refractivity contribution in [1.29, 1.82) is 0 Å². The highest BCUT2D eigenvalue weighted by Gasteiger charge is 2.14. The third-order valence-electron chi connectivity index (χ3n) is 3.31. The molecule has 2 rings (SSSR count). The molecule has 0 spiro atoms. The number of halogens is 1. The lowest BCUT2D eigenvalue weighted by Crippen LogP contribution is -2.13. The second-order valence-corrected chi connectivity index (χ2v) is 6.37. The van der Waals surface area contributed by atoms with Gasteiger partial charge in [-0.3, -0.25) is 0 Å². The van der Waals surface area contributed by atoms with E-state index in [9.17, 15) is 0 Å². The van der Waals surface area contributed by atoms with Crippen molar-refractivity contribution in [2.24, 2.45) is 5.92 Å². The van der Waals surface area contributed by atoms with Crippen LogP contribution in [0.2, 0.25) is 0 Å². The molecule has 1 unspecified atom stereocenters. The van der Waals surface area contributed by atoms with Crippen molar-refractivity contribution in [2.45, 2.75) is 26.8 Å². The fourth-order valence-corrected chi connectivity index (χ4v) is 3.38. The molecule has 0 aliphatic carbocycles. The molecule has 104 valence electrons. The maximum atomic E-state index is 5.92. The summed E-state index contributed by atoms with van der Waals surface area (Å²) in [5.41, 5.74) is 3.66. The van der Waals surface area contributed by atoms with Crippen LogP contribution in [-0.2, 0) is 13.0 Å². The molecule has 0 radical (unpaired) electrons. The molecule has 1 heterocycles. The lowest BCUT2D eigenvalue weighted by Gasteiger charge is -2.15. The number of hydrogen-bond donors (Lipinski definition) is 0. The predicted molar refractivity (Wildman–Crippen MR) is 86.4 cm³/mol. The maximum absolute atomic E-state index is 5.92. The summed E-state index contributed by atoms with van der Waals surface area (Å²) >= 11 is 7.82. The first-order valence-electron chi connectivity index (χ1n) is 6.67. The highest BCUT2D eigenvalue weighted by Crippen LogP contribution is 2.22. The summed E-state index contributed by atoms with van der Waals surface area (Å²) in [4.78, 5) is 4.75. The van der Waals surface area contributed by atoms with E-state index >= 15 is 0 Å². The second-order valence-electron chi connectivity index (χ2n) is 5.08. The van der Waals surface area contributed by atoms with Crippen molar-refractivity contribution in [3.05, 3.63) is 29.6 Å². The van der Waals surface area contributed by atoms with E-state index in [0.29, 0.717) is 11.8 Å². The number of thioether (sulfide) groups is 1. The first-order chi connectivity index (χ1) is 9.17. The summed E-state index contributed by atoms with van der Waals surface area (Å²) in [6.07, 6.45) is 3.00. The van der Waals surface area contributed by atoms with Gasteiger partial charge in [-0.2, -0.15) is 11.8 Å². The highest BCUT2D eigenvalue weighted by molar-refractivity contribution is 7.98. The molecule has 19 heavy (non-hydrogen) atoms. The molecule has 1 atom stereocenters. The smallest absolute Gasteiger partial charge is 0.111 e. The fourth-order valence-electron chi connectivity index (χ4n) is 2.53. The minimum Gasteiger partial charge on any atom is -0.327 e. The number of aromatic nitrogens is 2. The third-order valence-corrected chi connectivity index (χ3v) is 4.40. The van der Waals surface area contributed by atoms with E-state index in [-0.39, 0.29) is 0 Å². The van der Waals surface area contributed by atoms with Crippen LogP contribution >= 0.6 is 23.4 Å². The van der Waals surface area contributed by atoms with Gasteiger partial charge in [0.05, 0.1) is 11.0 Å². The van der Waals surface area contributed by atoms with E-state index in [4.69, 9.17) is 16.6 Å². The zero-order valence-electron chi connectivity index (χ0n) is 11.8. The van der Waals surface area contributed by atoms with Crippen LogP contribution < -0.4 is 0 Å². The third kappa shape index (κ3) is 3.26. The summed E-state index contributed by atoms with van der Waals surface area (Å²) in [6, 6.07) is 6.32. The van der Waals surface area contributed by atoms with Gasteiger partial charge in [0, 0.05) is 18.8 Å². The van der Waals surface area contributed by atoms with Gasteiger partial charge >= 0.3 is 0 Å². The fraction of sp³-hybridized carbons (Fsp3) is 0.533. The van der Waals surface area contributed by atoms with Gasteiger partial charge in [0.25, 0.3) is 0 Å². The van der Waals surface area contributed by atoms with Crippen molar-refractivity contribution in [3.8, 4) is 0 Å². The maximum Gasteiger partial charge on any atom is 0.111 e. The summed E-state index contributed by atoms with van der Waals surface area (Å²) in [6.45, 7) is 5.48. The van der Waals surface area contributed by atoms with Crippen molar-refractivity contribution in [1.82, 2.24) is 9.55 Å². The molecule has 0 aliphatic heterocycles. The highest BCUT2D eigenvalue weighted by atomic mass is 35.5. The van der Waals surface area contributed by atoms with E-state index in [0.717, 1.165) is 24.3 Å². The monoisotopic (exact) mass is 296 g/mol. The van der Waals surface area contributed by atoms with Gasteiger partial charge in [-0.25, -0.2) is 4.98 Å². The van der Waals surface area contributed by atoms with Gasteiger partial charge in [0.15, 0.2) is 0 Å². The number of aryl methyl sites for hydroxylation is 2. The van der Waals surface area contributed by atoms with Gasteiger partial charge in [-0.15, -0.1) is 11.6 Å². The topological polar surface area (TPSA) is 17.8 Å². The molecule has 0 fully saturated rings. The molecule has 0 amide bonds. The summed E-state index contributed by atoms with van der Waals surface area (Å²) in [5.74, 6) is 3.55. The average Bonchev–Trinajstić information content (AvgIpc) is 2.70. The van der Waals surface area contributed by atoms with Crippen molar-refractivity contribution in [3.63, 3.8) is 0 Å². The van der Waals surface area contributed by atoms with Crippen LogP contribution in [0.25, 0.3) is 11.0 Å². The lowest BCUT2D eigenvalue weighted by atomic mass is 10.2. The molecular formula is C15H21ClN2S. The van der Waals surface area contributed by atoms with Crippen LogP contribution in [0.3, 0.4) is 0 Å². The molecule has 0 saturated carbocycles. The largest absolute Gasteiger partial charge is 0.327 e. The van der Waals surface area contributed by atoms with Crippen LogP contribution in [0, 0.1) is 12.8 Å². The Kier molecular flexibility index (Phi) is 5.17. The molecule has 0 bridgehead atoms. The molecular weight excluding hydrogens is 276 g/mol. The van der Waals surface area contributed by atoms with Crippen LogP contribution in [0.1, 0.15) is 18.3 Å². The summed E-state index contributed by atoms with van der Waals surface area (Å²) < 4.78 is 2.37.